The monoisotopic (exact) mass is 210 g/mol. The Balaban J connectivity index is 4.21. The lowest BCUT2D eigenvalue weighted by Gasteiger charge is -2.22. The van der Waals surface area contributed by atoms with Crippen LogP contribution in [0.1, 0.15) is 46.5 Å². The van der Waals surface area contributed by atoms with Crippen molar-refractivity contribution in [3.8, 4) is 0 Å². The molecule has 0 aromatic heterocycles. The fourth-order valence-corrected chi connectivity index (χ4v) is 1.40. The molecule has 2 nitrogen and oxygen atoms in total. The summed E-state index contributed by atoms with van der Waals surface area (Å²) in [4.78, 5) is 10.7. The van der Waals surface area contributed by atoms with Gasteiger partial charge in [0.1, 0.15) is 0 Å². The largest absolute Gasteiger partial charge is 0.481 e. The Hall–Kier alpha value is -1.05. The SMILES string of the molecule is C=CC(C)(CCC=C(C)CC)CC(=O)O. The van der Waals surface area contributed by atoms with E-state index in [4.69, 9.17) is 5.11 Å². The van der Waals surface area contributed by atoms with Gasteiger partial charge < -0.3 is 5.11 Å². The van der Waals surface area contributed by atoms with E-state index in [1.54, 1.807) is 6.08 Å². The average molecular weight is 210 g/mol. The molecule has 0 saturated carbocycles. The first-order chi connectivity index (χ1) is 6.93. The zero-order valence-corrected chi connectivity index (χ0v) is 10.0. The van der Waals surface area contributed by atoms with Gasteiger partial charge in [0.05, 0.1) is 6.42 Å². The van der Waals surface area contributed by atoms with Crippen molar-refractivity contribution < 1.29 is 9.90 Å². The van der Waals surface area contributed by atoms with E-state index in [2.05, 4.69) is 26.5 Å². The van der Waals surface area contributed by atoms with Crippen LogP contribution in [0.4, 0.5) is 0 Å². The lowest BCUT2D eigenvalue weighted by molar-refractivity contribution is -0.138. The van der Waals surface area contributed by atoms with Crippen LogP contribution in [-0.2, 0) is 4.79 Å². The van der Waals surface area contributed by atoms with E-state index in [9.17, 15) is 4.79 Å². The van der Waals surface area contributed by atoms with Gasteiger partial charge in [-0.3, -0.25) is 4.79 Å². The number of carboxylic acids is 1. The van der Waals surface area contributed by atoms with Crippen LogP contribution >= 0.6 is 0 Å². The van der Waals surface area contributed by atoms with Crippen molar-refractivity contribution in [1.29, 1.82) is 0 Å². The minimum atomic E-state index is -0.756. The highest BCUT2D eigenvalue weighted by Gasteiger charge is 2.22. The second kappa shape index (κ2) is 6.44. The van der Waals surface area contributed by atoms with E-state index in [0.717, 1.165) is 19.3 Å². The number of hydrogen-bond acceptors (Lipinski definition) is 1. The maximum absolute atomic E-state index is 10.7. The van der Waals surface area contributed by atoms with Gasteiger partial charge in [-0.15, -0.1) is 6.58 Å². The fraction of sp³-hybridized carbons (Fsp3) is 0.615. The maximum Gasteiger partial charge on any atom is 0.304 e. The first kappa shape index (κ1) is 13.9. The van der Waals surface area contributed by atoms with Crippen molar-refractivity contribution in [2.75, 3.05) is 0 Å². The zero-order valence-electron chi connectivity index (χ0n) is 10.0. The molecule has 0 bridgehead atoms. The molecule has 0 heterocycles. The predicted molar refractivity (Wildman–Crippen MR) is 63.8 cm³/mol. The van der Waals surface area contributed by atoms with Crippen molar-refractivity contribution in [1.82, 2.24) is 0 Å². The first-order valence-electron chi connectivity index (χ1n) is 5.44. The van der Waals surface area contributed by atoms with Gasteiger partial charge in [-0.1, -0.05) is 31.6 Å². The third-order valence-corrected chi connectivity index (χ3v) is 2.81. The lowest BCUT2D eigenvalue weighted by Crippen LogP contribution is -2.17. The molecule has 0 radical (unpaired) electrons. The molecular weight excluding hydrogens is 188 g/mol. The van der Waals surface area contributed by atoms with E-state index in [0.29, 0.717) is 0 Å². The molecule has 0 aromatic carbocycles. The predicted octanol–water partition coefficient (Wildman–Crippen LogP) is 3.79. The molecule has 0 spiro atoms. The topological polar surface area (TPSA) is 37.3 Å². The van der Waals surface area contributed by atoms with Gasteiger partial charge in [0.15, 0.2) is 0 Å². The van der Waals surface area contributed by atoms with E-state index in [1.807, 2.05) is 6.92 Å². The Morgan fingerprint density at radius 3 is 2.53 bits per heavy atom. The van der Waals surface area contributed by atoms with Gasteiger partial charge >= 0.3 is 5.97 Å². The summed E-state index contributed by atoms with van der Waals surface area (Å²) < 4.78 is 0. The van der Waals surface area contributed by atoms with Crippen LogP contribution in [0.5, 0.6) is 0 Å². The second-order valence-electron chi connectivity index (χ2n) is 4.37. The van der Waals surface area contributed by atoms with E-state index >= 15 is 0 Å². The van der Waals surface area contributed by atoms with E-state index in [1.165, 1.54) is 5.57 Å². The molecule has 0 saturated heterocycles. The highest BCUT2D eigenvalue weighted by Crippen LogP contribution is 2.29. The van der Waals surface area contributed by atoms with E-state index in [-0.39, 0.29) is 11.8 Å². The number of allylic oxidation sites excluding steroid dienone is 3. The number of carbonyl (C=O) groups is 1. The molecule has 1 unspecified atom stereocenters. The van der Waals surface area contributed by atoms with Crippen LogP contribution in [-0.4, -0.2) is 11.1 Å². The van der Waals surface area contributed by atoms with Crippen molar-refractivity contribution in [2.24, 2.45) is 5.41 Å². The third kappa shape index (κ3) is 6.10. The molecule has 1 atom stereocenters. The summed E-state index contributed by atoms with van der Waals surface area (Å²) in [6.07, 6.45) is 6.94. The Morgan fingerprint density at radius 1 is 1.53 bits per heavy atom. The maximum atomic E-state index is 10.7. The molecule has 0 amide bonds. The molecule has 0 fully saturated rings. The number of aliphatic carboxylic acids is 1. The van der Waals surface area contributed by atoms with Gasteiger partial charge in [0.2, 0.25) is 0 Å². The molecule has 0 aromatic rings. The van der Waals surface area contributed by atoms with Crippen LogP contribution in [0.2, 0.25) is 0 Å². The molecule has 0 aliphatic carbocycles. The average Bonchev–Trinajstić information content (AvgIpc) is 2.16. The summed E-state index contributed by atoms with van der Waals surface area (Å²) in [7, 11) is 0. The summed E-state index contributed by atoms with van der Waals surface area (Å²) in [5, 5.41) is 8.77. The van der Waals surface area contributed by atoms with Crippen LogP contribution < -0.4 is 0 Å². The Morgan fingerprint density at radius 2 is 2.13 bits per heavy atom. The zero-order chi connectivity index (χ0) is 11.9. The van der Waals surface area contributed by atoms with Crippen molar-refractivity contribution in [2.45, 2.75) is 46.5 Å². The molecule has 0 aliphatic heterocycles. The highest BCUT2D eigenvalue weighted by atomic mass is 16.4. The molecule has 2 heteroatoms. The summed E-state index contributed by atoms with van der Waals surface area (Å²) in [5.41, 5.74) is 1.08. The summed E-state index contributed by atoms with van der Waals surface area (Å²) >= 11 is 0. The lowest BCUT2D eigenvalue weighted by atomic mass is 9.82. The Kier molecular flexibility index (Phi) is 5.99. The van der Waals surface area contributed by atoms with E-state index < -0.39 is 5.97 Å². The molecule has 15 heavy (non-hydrogen) atoms. The van der Waals surface area contributed by atoms with Gasteiger partial charge in [-0.05, 0) is 31.6 Å². The Labute approximate surface area is 92.7 Å². The van der Waals surface area contributed by atoms with Crippen LogP contribution in [0, 0.1) is 5.41 Å². The van der Waals surface area contributed by atoms with Gasteiger partial charge in [0, 0.05) is 0 Å². The summed E-state index contributed by atoms with van der Waals surface area (Å²) in [6.45, 7) is 9.89. The van der Waals surface area contributed by atoms with Crippen molar-refractivity contribution >= 4 is 5.97 Å². The Bertz CT molecular complexity index is 253. The number of rotatable bonds is 7. The molecule has 0 aliphatic rings. The molecular formula is C13H22O2. The summed E-state index contributed by atoms with van der Waals surface area (Å²) in [6, 6.07) is 0. The number of carboxylic acid groups (broad SMARTS) is 1. The molecule has 0 rings (SSSR count). The molecule has 86 valence electrons. The van der Waals surface area contributed by atoms with Crippen LogP contribution in [0.15, 0.2) is 24.3 Å². The third-order valence-electron chi connectivity index (χ3n) is 2.81. The quantitative estimate of drug-likeness (QED) is 0.649. The smallest absolute Gasteiger partial charge is 0.304 e. The van der Waals surface area contributed by atoms with Gasteiger partial charge in [-0.2, -0.15) is 0 Å². The standard InChI is InChI=1S/C13H22O2/c1-5-11(3)8-7-9-13(4,6-2)10-12(14)15/h6,8H,2,5,7,9-10H2,1,3-4H3,(H,14,15). The van der Waals surface area contributed by atoms with Crippen LogP contribution in [0.3, 0.4) is 0 Å². The minimum absolute atomic E-state index is 0.162. The normalized spacial score (nSPS) is 15.8. The second-order valence-corrected chi connectivity index (χ2v) is 4.37. The molecule has 1 N–H and O–H groups in total. The van der Waals surface area contributed by atoms with Crippen LogP contribution in [0.25, 0.3) is 0 Å². The van der Waals surface area contributed by atoms with Crippen molar-refractivity contribution in [3.63, 3.8) is 0 Å². The van der Waals surface area contributed by atoms with Gasteiger partial charge in [0.25, 0.3) is 0 Å². The highest BCUT2D eigenvalue weighted by molar-refractivity contribution is 5.68. The number of hydrogen-bond donors (Lipinski definition) is 1. The fourth-order valence-electron chi connectivity index (χ4n) is 1.40. The van der Waals surface area contributed by atoms with Crippen molar-refractivity contribution in [3.05, 3.63) is 24.3 Å². The summed E-state index contributed by atoms with van der Waals surface area (Å²) in [5.74, 6) is -0.756. The van der Waals surface area contributed by atoms with Gasteiger partial charge in [-0.25, -0.2) is 0 Å². The minimum Gasteiger partial charge on any atom is -0.481 e. The first-order valence-corrected chi connectivity index (χ1v) is 5.44.